The fraction of sp³-hybridized carbons (Fsp3) is 0.467. The zero-order chi connectivity index (χ0) is 28.9. The lowest BCUT2D eigenvalue weighted by atomic mass is 9.94. The highest BCUT2D eigenvalue weighted by molar-refractivity contribution is 5.94. The maximum atomic E-state index is 12.8. The van der Waals surface area contributed by atoms with Gasteiger partial charge in [0.25, 0.3) is 5.91 Å². The van der Waals surface area contributed by atoms with Gasteiger partial charge in [0.05, 0.1) is 18.3 Å². The fourth-order valence-electron chi connectivity index (χ4n) is 5.30. The van der Waals surface area contributed by atoms with Gasteiger partial charge in [-0.2, -0.15) is 0 Å². The fourth-order valence-corrected chi connectivity index (χ4v) is 5.30. The number of fused-ring (bicyclic) bond motifs is 1. The highest BCUT2D eigenvalue weighted by Crippen LogP contribution is 2.30. The van der Waals surface area contributed by atoms with Crippen LogP contribution in [0.3, 0.4) is 0 Å². The minimum atomic E-state index is -0.704. The zero-order valence-electron chi connectivity index (χ0n) is 23.8. The van der Waals surface area contributed by atoms with Crippen molar-refractivity contribution in [1.82, 2.24) is 25.1 Å². The number of amides is 2. The van der Waals surface area contributed by atoms with Crippen molar-refractivity contribution in [1.29, 1.82) is 0 Å². The molecule has 1 fully saturated rings. The summed E-state index contributed by atoms with van der Waals surface area (Å²) in [6.07, 6.45) is 4.78. The standard InChI is InChI=1S/C30H38N6O5/c1-19(2)30(39)36-14-23(15-36)34-28-10-21(6-8-32-28)29(38)33-11-24(37)16-35-9-7-26-20(3)27(5-4-22(26)13-35)40-17-25-12-31-18-41-25/h4-6,8,10,12,18-19,23-24,37H,7,9,11,13-17H2,1-3H3,(H,32,34)(H,33,38)/t24-/m0/s1. The maximum absolute atomic E-state index is 12.8. The molecule has 4 heterocycles. The van der Waals surface area contributed by atoms with Crippen molar-refractivity contribution in [3.8, 4) is 5.75 Å². The van der Waals surface area contributed by atoms with Crippen molar-refractivity contribution in [2.45, 2.75) is 52.5 Å². The van der Waals surface area contributed by atoms with Crippen LogP contribution in [0.15, 0.2) is 47.5 Å². The molecule has 0 aliphatic carbocycles. The van der Waals surface area contributed by atoms with E-state index in [9.17, 15) is 14.7 Å². The van der Waals surface area contributed by atoms with E-state index in [1.54, 1.807) is 24.5 Å². The Bertz CT molecular complexity index is 1360. The van der Waals surface area contributed by atoms with Crippen LogP contribution in [0.4, 0.5) is 5.82 Å². The van der Waals surface area contributed by atoms with E-state index in [2.05, 4.69) is 38.5 Å². The SMILES string of the molecule is Cc1c(OCc2cnco2)ccc2c1CCN(C[C@@H](O)CNC(=O)c1ccnc(NC3CN(C(=O)C(C)C)C3)c1)C2. The van der Waals surface area contributed by atoms with Gasteiger partial charge in [-0.05, 0) is 48.2 Å². The number of rotatable bonds is 11. The minimum absolute atomic E-state index is 0.0171. The first-order valence-electron chi connectivity index (χ1n) is 14.1. The molecule has 2 aliphatic heterocycles. The van der Waals surface area contributed by atoms with Crippen molar-refractivity contribution < 1.29 is 23.8 Å². The molecule has 2 aliphatic rings. The summed E-state index contributed by atoms with van der Waals surface area (Å²) < 4.78 is 11.2. The van der Waals surface area contributed by atoms with Gasteiger partial charge in [0.15, 0.2) is 12.2 Å². The van der Waals surface area contributed by atoms with Crippen LogP contribution >= 0.6 is 0 Å². The zero-order valence-corrected chi connectivity index (χ0v) is 23.8. The quantitative estimate of drug-likeness (QED) is 0.322. The van der Waals surface area contributed by atoms with Gasteiger partial charge < -0.3 is 29.8 Å². The second-order valence-corrected chi connectivity index (χ2v) is 11.1. The smallest absolute Gasteiger partial charge is 0.251 e. The Balaban J connectivity index is 1.07. The van der Waals surface area contributed by atoms with E-state index in [-0.39, 0.29) is 30.3 Å². The van der Waals surface area contributed by atoms with Gasteiger partial charge in [0.1, 0.15) is 18.2 Å². The lowest BCUT2D eigenvalue weighted by Gasteiger charge is -2.40. The Morgan fingerprint density at radius 2 is 2.07 bits per heavy atom. The average Bonchev–Trinajstić information content (AvgIpc) is 3.46. The molecular weight excluding hydrogens is 524 g/mol. The topological polar surface area (TPSA) is 133 Å². The molecule has 3 N–H and O–H groups in total. The maximum Gasteiger partial charge on any atom is 0.251 e. The minimum Gasteiger partial charge on any atom is -0.485 e. The summed E-state index contributed by atoms with van der Waals surface area (Å²) >= 11 is 0. The molecule has 0 radical (unpaired) electrons. The van der Waals surface area contributed by atoms with Crippen LogP contribution in [0.1, 0.15) is 46.7 Å². The molecule has 0 unspecified atom stereocenters. The number of ether oxygens (including phenoxy) is 1. The number of aromatic nitrogens is 2. The molecule has 0 bridgehead atoms. The molecule has 41 heavy (non-hydrogen) atoms. The van der Waals surface area contributed by atoms with Gasteiger partial charge in [-0.15, -0.1) is 0 Å². The van der Waals surface area contributed by atoms with Crippen LogP contribution in [0.25, 0.3) is 0 Å². The molecule has 1 saturated heterocycles. The number of hydrogen-bond acceptors (Lipinski definition) is 9. The first-order chi connectivity index (χ1) is 19.8. The average molecular weight is 563 g/mol. The number of aliphatic hydroxyl groups excluding tert-OH is 1. The Labute approximate surface area is 239 Å². The van der Waals surface area contributed by atoms with Crippen molar-refractivity contribution in [2.75, 3.05) is 38.0 Å². The van der Waals surface area contributed by atoms with E-state index in [4.69, 9.17) is 9.15 Å². The van der Waals surface area contributed by atoms with Crippen LogP contribution in [0.2, 0.25) is 0 Å². The molecule has 3 aromatic rings. The van der Waals surface area contributed by atoms with Crippen molar-refractivity contribution in [3.05, 3.63) is 71.1 Å². The number of carbonyl (C=O) groups excluding carboxylic acids is 2. The Morgan fingerprint density at radius 3 is 2.83 bits per heavy atom. The highest BCUT2D eigenvalue weighted by atomic mass is 16.5. The molecule has 5 rings (SSSR count). The number of β-amino-alcohol motifs (C(OH)–C–C–N with tert-alkyl or cyclic N) is 1. The highest BCUT2D eigenvalue weighted by Gasteiger charge is 2.32. The molecule has 11 heteroatoms. The predicted octanol–water partition coefficient (Wildman–Crippen LogP) is 2.38. The van der Waals surface area contributed by atoms with Crippen LogP contribution in [-0.4, -0.2) is 81.6 Å². The van der Waals surface area contributed by atoms with Crippen LogP contribution < -0.4 is 15.4 Å². The lowest BCUT2D eigenvalue weighted by molar-refractivity contribution is -0.138. The van der Waals surface area contributed by atoms with Crippen molar-refractivity contribution >= 4 is 17.6 Å². The molecule has 1 atom stereocenters. The molecule has 2 aromatic heterocycles. The number of benzene rings is 1. The second kappa shape index (κ2) is 12.7. The third-order valence-corrected chi connectivity index (χ3v) is 7.60. The Morgan fingerprint density at radius 1 is 1.24 bits per heavy atom. The first-order valence-corrected chi connectivity index (χ1v) is 14.1. The molecule has 2 amide bonds. The third-order valence-electron chi connectivity index (χ3n) is 7.60. The molecule has 218 valence electrons. The van der Waals surface area contributed by atoms with Gasteiger partial charge in [-0.1, -0.05) is 19.9 Å². The largest absolute Gasteiger partial charge is 0.485 e. The van der Waals surface area contributed by atoms with Gasteiger partial charge in [0, 0.05) is 56.9 Å². The predicted molar refractivity (Wildman–Crippen MR) is 152 cm³/mol. The van der Waals surface area contributed by atoms with E-state index >= 15 is 0 Å². The summed E-state index contributed by atoms with van der Waals surface area (Å²) in [6.45, 7) is 9.59. The first kappa shape index (κ1) is 28.6. The number of oxazole rings is 1. The van der Waals surface area contributed by atoms with E-state index in [1.807, 2.05) is 24.8 Å². The van der Waals surface area contributed by atoms with Crippen molar-refractivity contribution in [2.24, 2.45) is 5.92 Å². The van der Waals surface area contributed by atoms with Gasteiger partial charge in [-0.3, -0.25) is 14.5 Å². The summed E-state index contributed by atoms with van der Waals surface area (Å²) in [5.41, 5.74) is 4.09. The van der Waals surface area contributed by atoms with E-state index in [1.165, 1.54) is 17.5 Å². The van der Waals surface area contributed by atoms with E-state index in [0.29, 0.717) is 43.4 Å². The number of anilines is 1. The number of likely N-dealkylation sites (tertiary alicyclic amines) is 1. The Hall–Kier alpha value is -3.96. The monoisotopic (exact) mass is 562 g/mol. The third kappa shape index (κ3) is 7.04. The lowest BCUT2D eigenvalue weighted by Crippen LogP contribution is -2.58. The van der Waals surface area contributed by atoms with E-state index < -0.39 is 6.10 Å². The van der Waals surface area contributed by atoms with Gasteiger partial charge in [0.2, 0.25) is 5.91 Å². The van der Waals surface area contributed by atoms with Gasteiger partial charge in [-0.25, -0.2) is 9.97 Å². The molecular formula is C30H38N6O5. The summed E-state index contributed by atoms with van der Waals surface area (Å²) in [5.74, 6) is 1.96. The molecule has 11 nitrogen and oxygen atoms in total. The summed E-state index contributed by atoms with van der Waals surface area (Å²) in [4.78, 5) is 37.1. The summed E-state index contributed by atoms with van der Waals surface area (Å²) in [5, 5.41) is 16.8. The van der Waals surface area contributed by atoms with Crippen molar-refractivity contribution in [3.63, 3.8) is 0 Å². The second-order valence-electron chi connectivity index (χ2n) is 11.1. The number of carbonyl (C=O) groups is 2. The summed E-state index contributed by atoms with van der Waals surface area (Å²) in [6, 6.07) is 7.52. The molecule has 1 aromatic carbocycles. The Kier molecular flexibility index (Phi) is 8.84. The van der Waals surface area contributed by atoms with Crippen LogP contribution in [0, 0.1) is 12.8 Å². The number of hydrogen-bond donors (Lipinski definition) is 3. The number of nitrogens with zero attached hydrogens (tertiary/aromatic N) is 4. The normalized spacial score (nSPS) is 16.2. The number of pyridine rings is 1. The van der Waals surface area contributed by atoms with Gasteiger partial charge >= 0.3 is 0 Å². The number of nitrogens with one attached hydrogen (secondary N) is 2. The molecule has 0 spiro atoms. The van der Waals surface area contributed by atoms with Crippen LogP contribution in [-0.2, 0) is 24.4 Å². The van der Waals surface area contributed by atoms with E-state index in [0.717, 1.165) is 30.8 Å². The van der Waals surface area contributed by atoms with Crippen LogP contribution in [0.5, 0.6) is 5.75 Å². The number of aliphatic hydroxyl groups is 1. The molecule has 0 saturated carbocycles. The summed E-state index contributed by atoms with van der Waals surface area (Å²) in [7, 11) is 0.